The molecule has 0 aliphatic carbocycles. The molecular formula is C20H26ClN3O3S. The fourth-order valence-corrected chi connectivity index (χ4v) is 4.41. The third kappa shape index (κ3) is 5.78. The molecule has 1 aliphatic rings. The average molecular weight is 424 g/mol. The maximum Gasteiger partial charge on any atom is 0.251 e. The van der Waals surface area contributed by atoms with Crippen molar-refractivity contribution in [3.05, 3.63) is 65.2 Å². The summed E-state index contributed by atoms with van der Waals surface area (Å²) in [5, 5.41) is 6.22. The number of benzene rings is 2. The number of piperidine rings is 1. The van der Waals surface area contributed by atoms with E-state index in [4.69, 9.17) is 0 Å². The highest BCUT2D eigenvalue weighted by atomic mass is 35.5. The number of aryl methyl sites for hydroxylation is 1. The second-order valence-electron chi connectivity index (χ2n) is 6.81. The fraction of sp³-hybridized carbons (Fsp3) is 0.350. The van der Waals surface area contributed by atoms with Crippen molar-refractivity contribution in [1.82, 2.24) is 15.4 Å². The van der Waals surface area contributed by atoms with Gasteiger partial charge in [-0.15, -0.1) is 12.4 Å². The van der Waals surface area contributed by atoms with Crippen LogP contribution in [0.2, 0.25) is 0 Å². The van der Waals surface area contributed by atoms with Gasteiger partial charge in [-0.1, -0.05) is 36.4 Å². The first kappa shape index (κ1) is 22.4. The lowest BCUT2D eigenvalue weighted by Gasteiger charge is -2.24. The van der Waals surface area contributed by atoms with Gasteiger partial charge in [0.25, 0.3) is 5.91 Å². The second kappa shape index (κ2) is 10.0. The molecule has 8 heteroatoms. The van der Waals surface area contributed by atoms with E-state index >= 15 is 0 Å². The fourth-order valence-electron chi connectivity index (χ4n) is 3.13. The number of hydrogen-bond donors (Lipinski definition) is 3. The highest BCUT2D eigenvalue weighted by Gasteiger charge is 2.21. The summed E-state index contributed by atoms with van der Waals surface area (Å²) < 4.78 is 28.1. The number of nitrogens with one attached hydrogen (secondary N) is 3. The van der Waals surface area contributed by atoms with Crippen LogP contribution >= 0.6 is 12.4 Å². The normalized spacial score (nSPS) is 16.8. The number of halogens is 1. The number of sulfonamides is 1. The molecule has 3 N–H and O–H groups in total. The molecule has 2 aromatic carbocycles. The standard InChI is InChI=1S/C20H25N3O3S.ClH/c1-15-9-10-17(20(24)23-18-8-5-11-21-14-18)12-19(15)27(25,26)22-13-16-6-3-2-4-7-16;/h2-4,6-7,9-10,12,18,21-22H,5,8,11,13-14H2,1H3,(H,23,24);1H. The molecule has 28 heavy (non-hydrogen) atoms. The second-order valence-corrected chi connectivity index (χ2v) is 8.54. The van der Waals surface area contributed by atoms with E-state index in [9.17, 15) is 13.2 Å². The maximum atomic E-state index is 12.7. The number of amides is 1. The van der Waals surface area contributed by atoms with Crippen LogP contribution in [0.5, 0.6) is 0 Å². The van der Waals surface area contributed by atoms with E-state index in [0.29, 0.717) is 11.1 Å². The van der Waals surface area contributed by atoms with Crippen LogP contribution in [0.4, 0.5) is 0 Å². The number of carbonyl (C=O) groups is 1. The van der Waals surface area contributed by atoms with Crippen LogP contribution < -0.4 is 15.4 Å². The predicted octanol–water partition coefficient (Wildman–Crippen LogP) is 2.38. The molecule has 0 radical (unpaired) electrons. The first-order chi connectivity index (χ1) is 13.0. The smallest absolute Gasteiger partial charge is 0.251 e. The van der Waals surface area contributed by atoms with Crippen molar-refractivity contribution in [2.75, 3.05) is 13.1 Å². The highest BCUT2D eigenvalue weighted by molar-refractivity contribution is 7.89. The molecule has 1 fully saturated rings. The summed E-state index contributed by atoms with van der Waals surface area (Å²) in [6, 6.07) is 14.2. The van der Waals surface area contributed by atoms with E-state index < -0.39 is 10.0 Å². The van der Waals surface area contributed by atoms with E-state index in [1.54, 1.807) is 19.1 Å². The summed E-state index contributed by atoms with van der Waals surface area (Å²) in [6.45, 7) is 3.63. The minimum atomic E-state index is -3.72. The topological polar surface area (TPSA) is 87.3 Å². The monoisotopic (exact) mass is 423 g/mol. The molecule has 0 bridgehead atoms. The zero-order valence-electron chi connectivity index (χ0n) is 15.8. The summed E-state index contributed by atoms with van der Waals surface area (Å²) in [5.41, 5.74) is 1.83. The Morgan fingerprint density at radius 2 is 1.93 bits per heavy atom. The average Bonchev–Trinajstić information content (AvgIpc) is 2.68. The number of rotatable bonds is 6. The Morgan fingerprint density at radius 3 is 2.61 bits per heavy atom. The van der Waals surface area contributed by atoms with Gasteiger partial charge in [0.2, 0.25) is 10.0 Å². The lowest BCUT2D eigenvalue weighted by atomic mass is 10.1. The Bertz CT molecular complexity index is 898. The van der Waals surface area contributed by atoms with Crippen LogP contribution in [0, 0.1) is 6.92 Å². The predicted molar refractivity (Wildman–Crippen MR) is 112 cm³/mol. The van der Waals surface area contributed by atoms with Gasteiger partial charge in [-0.25, -0.2) is 13.1 Å². The van der Waals surface area contributed by atoms with Crippen molar-refractivity contribution in [2.24, 2.45) is 0 Å². The van der Waals surface area contributed by atoms with E-state index in [2.05, 4.69) is 15.4 Å². The van der Waals surface area contributed by atoms with Crippen molar-refractivity contribution in [1.29, 1.82) is 0 Å². The molecule has 1 heterocycles. The molecule has 152 valence electrons. The Kier molecular flexibility index (Phi) is 8.00. The Hall–Kier alpha value is -1.93. The van der Waals surface area contributed by atoms with Gasteiger partial charge in [-0.05, 0) is 49.6 Å². The van der Waals surface area contributed by atoms with E-state index in [1.807, 2.05) is 30.3 Å². The molecule has 0 aromatic heterocycles. The number of hydrogen-bond acceptors (Lipinski definition) is 4. The van der Waals surface area contributed by atoms with Crippen molar-refractivity contribution < 1.29 is 13.2 Å². The Morgan fingerprint density at radius 1 is 1.18 bits per heavy atom. The van der Waals surface area contributed by atoms with Gasteiger partial charge in [-0.2, -0.15) is 0 Å². The van der Waals surface area contributed by atoms with Gasteiger partial charge < -0.3 is 10.6 Å². The molecule has 0 saturated carbocycles. The maximum absolute atomic E-state index is 12.7. The molecule has 2 aromatic rings. The highest BCUT2D eigenvalue weighted by Crippen LogP contribution is 2.18. The van der Waals surface area contributed by atoms with Gasteiger partial charge in [0.15, 0.2) is 0 Å². The summed E-state index contributed by atoms with van der Waals surface area (Å²) in [7, 11) is -3.72. The van der Waals surface area contributed by atoms with E-state index in [1.165, 1.54) is 6.07 Å². The van der Waals surface area contributed by atoms with Crippen LogP contribution in [0.1, 0.15) is 34.3 Å². The molecular weight excluding hydrogens is 398 g/mol. The van der Waals surface area contributed by atoms with Crippen LogP contribution in [0.15, 0.2) is 53.4 Å². The molecule has 3 rings (SSSR count). The molecule has 6 nitrogen and oxygen atoms in total. The van der Waals surface area contributed by atoms with Gasteiger partial charge in [0, 0.05) is 24.7 Å². The van der Waals surface area contributed by atoms with Crippen molar-refractivity contribution in [3.8, 4) is 0 Å². The van der Waals surface area contributed by atoms with E-state index in [-0.39, 0.29) is 35.8 Å². The molecule has 1 amide bonds. The molecule has 1 atom stereocenters. The lowest BCUT2D eigenvalue weighted by molar-refractivity contribution is 0.0930. The number of carbonyl (C=O) groups excluding carboxylic acids is 1. The summed E-state index contributed by atoms with van der Waals surface area (Å²) in [4.78, 5) is 12.7. The van der Waals surface area contributed by atoms with Crippen LogP contribution in [-0.2, 0) is 16.6 Å². The van der Waals surface area contributed by atoms with E-state index in [0.717, 1.165) is 31.5 Å². The van der Waals surface area contributed by atoms with Crippen LogP contribution in [0.3, 0.4) is 0 Å². The molecule has 0 spiro atoms. The zero-order valence-corrected chi connectivity index (χ0v) is 17.4. The lowest BCUT2D eigenvalue weighted by Crippen LogP contribution is -2.45. The van der Waals surface area contributed by atoms with Gasteiger partial charge in [0.05, 0.1) is 4.90 Å². The Balaban J connectivity index is 0.00000280. The molecule has 1 saturated heterocycles. The first-order valence-corrected chi connectivity index (χ1v) is 10.6. The quantitative estimate of drug-likeness (QED) is 0.665. The van der Waals surface area contributed by atoms with Gasteiger partial charge in [-0.3, -0.25) is 4.79 Å². The first-order valence-electron chi connectivity index (χ1n) is 9.11. The van der Waals surface area contributed by atoms with Crippen LogP contribution in [-0.4, -0.2) is 33.5 Å². The van der Waals surface area contributed by atoms with Crippen molar-refractivity contribution in [3.63, 3.8) is 0 Å². The zero-order chi connectivity index (χ0) is 19.3. The SMILES string of the molecule is Cc1ccc(C(=O)NC2CCCNC2)cc1S(=O)(=O)NCc1ccccc1.Cl. The summed E-state index contributed by atoms with van der Waals surface area (Å²) in [6.07, 6.45) is 1.94. The Labute approximate surface area is 172 Å². The molecule has 1 unspecified atom stereocenters. The minimum Gasteiger partial charge on any atom is -0.348 e. The largest absolute Gasteiger partial charge is 0.348 e. The minimum absolute atomic E-state index is 0. The molecule has 1 aliphatic heterocycles. The van der Waals surface area contributed by atoms with Crippen molar-refractivity contribution in [2.45, 2.75) is 37.2 Å². The van der Waals surface area contributed by atoms with Crippen molar-refractivity contribution >= 4 is 28.3 Å². The third-order valence-electron chi connectivity index (χ3n) is 4.68. The summed E-state index contributed by atoms with van der Waals surface area (Å²) in [5.74, 6) is -0.247. The van der Waals surface area contributed by atoms with Gasteiger partial charge in [0.1, 0.15) is 0 Å². The third-order valence-corrected chi connectivity index (χ3v) is 6.22. The van der Waals surface area contributed by atoms with Gasteiger partial charge >= 0.3 is 0 Å². The van der Waals surface area contributed by atoms with Crippen LogP contribution in [0.25, 0.3) is 0 Å². The summed E-state index contributed by atoms with van der Waals surface area (Å²) >= 11 is 0.